The summed E-state index contributed by atoms with van der Waals surface area (Å²) in [5, 5.41) is 10.1. The summed E-state index contributed by atoms with van der Waals surface area (Å²) in [6, 6.07) is 7.82. The number of piperidine rings is 1. The van der Waals surface area contributed by atoms with Gasteiger partial charge < -0.3 is 10.0 Å². The van der Waals surface area contributed by atoms with E-state index in [1.807, 2.05) is 17.2 Å². The second-order valence-corrected chi connectivity index (χ2v) is 11.6. The van der Waals surface area contributed by atoms with Gasteiger partial charge in [0.15, 0.2) is 0 Å². The topological polar surface area (TPSA) is 83.4 Å². The number of benzene rings is 1. The highest BCUT2D eigenvalue weighted by atomic mass is 79.9. The van der Waals surface area contributed by atoms with Gasteiger partial charge in [0.05, 0.1) is 17.7 Å². The molecule has 1 aliphatic carbocycles. The molecule has 2 aromatic heterocycles. The van der Waals surface area contributed by atoms with E-state index in [4.69, 9.17) is 16.6 Å². The lowest BCUT2D eigenvalue weighted by atomic mass is 9.76. The van der Waals surface area contributed by atoms with Crippen LogP contribution in [-0.2, 0) is 24.1 Å². The predicted molar refractivity (Wildman–Crippen MR) is 145 cm³/mol. The van der Waals surface area contributed by atoms with Gasteiger partial charge in [0.25, 0.3) is 0 Å². The quantitative estimate of drug-likeness (QED) is 0.378. The van der Waals surface area contributed by atoms with Crippen molar-refractivity contribution in [3.63, 3.8) is 0 Å². The number of nitrogens with zero attached hydrogens (tertiary/aromatic N) is 3. The third kappa shape index (κ3) is 5.08. The van der Waals surface area contributed by atoms with Crippen molar-refractivity contribution < 1.29 is 14.7 Å². The Labute approximate surface area is 231 Å². The van der Waals surface area contributed by atoms with Crippen LogP contribution in [0.25, 0.3) is 0 Å². The first-order valence-electron chi connectivity index (χ1n) is 11.9. The Hall–Kier alpha value is -2.29. The number of fused-ring (bicyclic) bond motifs is 2. The number of aromatic carboxylic acids is 1. The lowest BCUT2D eigenvalue weighted by Gasteiger charge is -2.37. The van der Waals surface area contributed by atoms with Crippen LogP contribution in [0, 0.1) is 5.92 Å². The van der Waals surface area contributed by atoms with Gasteiger partial charge in [0, 0.05) is 51.6 Å². The van der Waals surface area contributed by atoms with Gasteiger partial charge in [-0.2, -0.15) is 0 Å². The number of carbonyl (C=O) groups is 2. The zero-order valence-electron chi connectivity index (χ0n) is 19.4. The Balaban J connectivity index is 1.39. The highest BCUT2D eigenvalue weighted by Crippen LogP contribution is 2.46. The van der Waals surface area contributed by atoms with Crippen molar-refractivity contribution in [2.24, 2.45) is 5.92 Å². The van der Waals surface area contributed by atoms with Gasteiger partial charge in [-0.15, -0.1) is 0 Å². The number of pyridine rings is 2. The van der Waals surface area contributed by atoms with Crippen molar-refractivity contribution >= 4 is 55.3 Å². The SMILES string of the molecule is O=C(O)c1cnccc1CC(=O)N1CCC([C@H]2c3ncc(Br)cc3CCc3cc(Cl)cc(Br)c32)CC1. The Morgan fingerprint density at radius 1 is 1.08 bits per heavy atom. The smallest absolute Gasteiger partial charge is 0.337 e. The molecule has 36 heavy (non-hydrogen) atoms. The highest BCUT2D eigenvalue weighted by Gasteiger charge is 2.36. The average Bonchev–Trinajstić information content (AvgIpc) is 3.01. The molecule has 5 rings (SSSR count). The second-order valence-electron chi connectivity index (χ2n) is 9.37. The number of carboxylic acid groups (broad SMARTS) is 1. The lowest BCUT2D eigenvalue weighted by molar-refractivity contribution is -0.131. The first-order chi connectivity index (χ1) is 17.3. The predicted octanol–water partition coefficient (Wildman–Crippen LogP) is 6.07. The van der Waals surface area contributed by atoms with Crippen LogP contribution >= 0.6 is 43.5 Å². The van der Waals surface area contributed by atoms with E-state index in [1.54, 1.807) is 6.07 Å². The Morgan fingerprint density at radius 3 is 2.58 bits per heavy atom. The van der Waals surface area contributed by atoms with Crippen LogP contribution in [0.2, 0.25) is 5.02 Å². The molecule has 0 bridgehead atoms. The van der Waals surface area contributed by atoms with Gasteiger partial charge in [-0.25, -0.2) is 4.79 Å². The summed E-state index contributed by atoms with van der Waals surface area (Å²) in [7, 11) is 0. The monoisotopic (exact) mass is 631 g/mol. The molecule has 0 unspecified atom stereocenters. The fraction of sp³-hybridized carbons (Fsp3) is 0.333. The van der Waals surface area contributed by atoms with E-state index in [1.165, 1.54) is 29.1 Å². The summed E-state index contributed by atoms with van der Waals surface area (Å²) in [6.45, 7) is 1.25. The summed E-state index contributed by atoms with van der Waals surface area (Å²) >= 11 is 13.8. The maximum atomic E-state index is 13.1. The number of carboxylic acids is 1. The Kier molecular flexibility index (Phi) is 7.47. The standard InChI is InChI=1S/C27H24Br2ClN3O3/c28-19-9-18-2-1-17-10-20(30)12-22(29)24(17)25(26(18)32-13-19)15-4-7-33(8-5-15)23(34)11-16-3-6-31-14-21(16)27(35)36/h3,6,9-10,12-15,25H,1-2,4-5,7-8,11H2,(H,35,36)/t25-/m1/s1. The molecule has 1 aromatic carbocycles. The summed E-state index contributed by atoms with van der Waals surface area (Å²) in [4.78, 5) is 35.2. The van der Waals surface area contributed by atoms with E-state index in [-0.39, 0.29) is 23.8 Å². The molecule has 6 nitrogen and oxygen atoms in total. The van der Waals surface area contributed by atoms with Crippen molar-refractivity contribution in [2.45, 2.75) is 38.0 Å². The first-order valence-corrected chi connectivity index (χ1v) is 13.8. The summed E-state index contributed by atoms with van der Waals surface area (Å²) in [5.41, 5.74) is 5.41. The summed E-state index contributed by atoms with van der Waals surface area (Å²) in [5.74, 6) is -0.710. The average molecular weight is 634 g/mol. The number of halogens is 3. The van der Waals surface area contributed by atoms with Gasteiger partial charge in [0.1, 0.15) is 0 Å². The van der Waals surface area contributed by atoms with Crippen molar-refractivity contribution in [1.82, 2.24) is 14.9 Å². The molecule has 3 aromatic rings. The van der Waals surface area contributed by atoms with Gasteiger partial charge >= 0.3 is 5.97 Å². The van der Waals surface area contributed by atoms with Crippen molar-refractivity contribution in [3.05, 3.63) is 90.3 Å². The van der Waals surface area contributed by atoms with Crippen molar-refractivity contribution in [3.8, 4) is 0 Å². The van der Waals surface area contributed by atoms with Crippen LogP contribution in [-0.4, -0.2) is 44.9 Å². The Bertz CT molecular complexity index is 1340. The first kappa shape index (κ1) is 25.4. The molecular weight excluding hydrogens is 610 g/mol. The minimum Gasteiger partial charge on any atom is -0.478 e. The van der Waals surface area contributed by atoms with Crippen LogP contribution in [0.15, 0.2) is 51.8 Å². The highest BCUT2D eigenvalue weighted by molar-refractivity contribution is 9.10. The second kappa shape index (κ2) is 10.6. The van der Waals surface area contributed by atoms with Gasteiger partial charge in [0.2, 0.25) is 5.91 Å². The minimum atomic E-state index is -1.07. The maximum Gasteiger partial charge on any atom is 0.337 e. The van der Waals surface area contributed by atoms with E-state index in [0.29, 0.717) is 24.6 Å². The molecule has 3 heterocycles. The molecule has 9 heteroatoms. The molecule has 0 saturated carbocycles. The maximum absolute atomic E-state index is 13.1. The molecule has 186 valence electrons. The van der Waals surface area contributed by atoms with E-state index in [0.717, 1.165) is 45.3 Å². The molecule has 1 amide bonds. The van der Waals surface area contributed by atoms with Gasteiger partial charge in [-0.1, -0.05) is 27.5 Å². The number of rotatable bonds is 4. The Morgan fingerprint density at radius 2 is 1.83 bits per heavy atom. The van der Waals surface area contributed by atoms with Crippen LogP contribution in [0.3, 0.4) is 0 Å². The number of hydrogen-bond acceptors (Lipinski definition) is 4. The molecule has 1 fully saturated rings. The molecule has 1 atom stereocenters. The zero-order valence-corrected chi connectivity index (χ0v) is 23.3. The molecule has 0 spiro atoms. The molecule has 0 radical (unpaired) electrons. The number of likely N-dealkylation sites (tertiary alicyclic amines) is 1. The summed E-state index contributed by atoms with van der Waals surface area (Å²) in [6.07, 6.45) is 8.22. The zero-order chi connectivity index (χ0) is 25.4. The van der Waals surface area contributed by atoms with Crippen LogP contribution in [0.1, 0.15) is 57.1 Å². The number of aryl methyl sites for hydroxylation is 2. The van der Waals surface area contributed by atoms with Crippen molar-refractivity contribution in [1.29, 1.82) is 0 Å². The third-order valence-electron chi connectivity index (χ3n) is 7.26. The van der Waals surface area contributed by atoms with Gasteiger partial charge in [-0.05, 0) is 94.1 Å². The number of hydrogen-bond donors (Lipinski definition) is 1. The van der Waals surface area contributed by atoms with E-state index >= 15 is 0 Å². The molecular formula is C27H24Br2ClN3O3. The van der Waals surface area contributed by atoms with E-state index < -0.39 is 5.97 Å². The van der Waals surface area contributed by atoms with E-state index in [9.17, 15) is 14.7 Å². The number of aromatic nitrogens is 2. The number of amides is 1. The fourth-order valence-corrected chi connectivity index (χ4v) is 7.06. The molecule has 1 aliphatic heterocycles. The fourth-order valence-electron chi connectivity index (χ4n) is 5.56. The molecule has 1 saturated heterocycles. The normalized spacial score (nSPS) is 17.8. The van der Waals surface area contributed by atoms with Gasteiger partial charge in [-0.3, -0.25) is 14.8 Å². The summed E-state index contributed by atoms with van der Waals surface area (Å²) < 4.78 is 1.98. The van der Waals surface area contributed by atoms with Crippen molar-refractivity contribution in [2.75, 3.05) is 13.1 Å². The van der Waals surface area contributed by atoms with Crippen LogP contribution in [0.4, 0.5) is 0 Å². The molecule has 1 N–H and O–H groups in total. The van der Waals surface area contributed by atoms with Crippen LogP contribution < -0.4 is 0 Å². The molecule has 2 aliphatic rings. The van der Waals surface area contributed by atoms with Crippen LogP contribution in [0.5, 0.6) is 0 Å². The third-order valence-corrected chi connectivity index (χ3v) is 8.57. The lowest BCUT2D eigenvalue weighted by Crippen LogP contribution is -2.41. The minimum absolute atomic E-state index is 0.0566. The van der Waals surface area contributed by atoms with E-state index in [2.05, 4.69) is 49.0 Å². The number of carbonyl (C=O) groups excluding carboxylic acids is 1. The largest absolute Gasteiger partial charge is 0.478 e.